The number of amides is 3. The number of carbonyl (C=O) groups excluding carboxylic acids is 3. The lowest BCUT2D eigenvalue weighted by atomic mass is 9.92. The Labute approximate surface area is 240 Å². The minimum absolute atomic E-state index is 0.204. The number of H-pyrrole nitrogens is 1. The van der Waals surface area contributed by atoms with Gasteiger partial charge < -0.3 is 61.8 Å². The number of allylic oxidation sites excluding steroid dienone is 1. The fourth-order valence-electron chi connectivity index (χ4n) is 4.60. The number of hydrogen-bond donors (Lipinski definition) is 10. The third-order valence-electron chi connectivity index (χ3n) is 7.02. The number of likely N-dealkylation sites (tertiary alicyclic amines) is 1. The third-order valence-corrected chi connectivity index (χ3v) is 7.02. The van der Waals surface area contributed by atoms with Crippen LogP contribution in [0.1, 0.15) is 18.7 Å². The molecule has 2 aliphatic heterocycles. The second-order valence-corrected chi connectivity index (χ2v) is 9.72. The van der Waals surface area contributed by atoms with E-state index in [-0.39, 0.29) is 12.1 Å². The van der Waals surface area contributed by atoms with Gasteiger partial charge in [-0.2, -0.15) is 0 Å². The number of nitrogens with two attached hydrogens (primary N) is 2. The number of nitrogens with zero attached hydrogens (tertiary/aromatic N) is 2. The van der Waals surface area contributed by atoms with Crippen molar-refractivity contribution in [2.75, 3.05) is 13.2 Å². The Morgan fingerprint density at radius 2 is 1.88 bits per heavy atom. The summed E-state index contributed by atoms with van der Waals surface area (Å²) >= 11 is 0. The zero-order valence-electron chi connectivity index (χ0n) is 22.5. The van der Waals surface area contributed by atoms with Gasteiger partial charge in [-0.1, -0.05) is 6.08 Å². The highest BCUT2D eigenvalue weighted by molar-refractivity contribution is 5.95. The Morgan fingerprint density at radius 3 is 2.44 bits per heavy atom. The number of carbonyl (C=O) groups is 4. The Balaban J connectivity index is 1.95. The number of carboxylic acids is 1. The molecule has 43 heavy (non-hydrogen) atoms. The molecule has 0 aliphatic carbocycles. The predicted octanol–water partition coefficient (Wildman–Crippen LogP) is -6.48. The Morgan fingerprint density at radius 1 is 1.23 bits per heavy atom. The van der Waals surface area contributed by atoms with Crippen LogP contribution in [0.15, 0.2) is 27.4 Å². The molecule has 1 aromatic heterocycles. The monoisotopic (exact) mass is 616 g/mol. The third kappa shape index (κ3) is 6.74. The number of aliphatic hydroxyl groups is 5. The van der Waals surface area contributed by atoms with Crippen LogP contribution in [-0.2, 0) is 30.5 Å². The molecule has 0 bridgehead atoms. The van der Waals surface area contributed by atoms with Crippen LogP contribution in [0.5, 0.6) is 0 Å². The fraction of sp³-hybridized carbons (Fsp3) is 0.565. The van der Waals surface area contributed by atoms with Crippen molar-refractivity contribution in [2.24, 2.45) is 11.5 Å². The van der Waals surface area contributed by atoms with Crippen LogP contribution in [0.4, 0.5) is 4.79 Å². The second kappa shape index (κ2) is 13.4. The first kappa shape index (κ1) is 33.3. The average Bonchev–Trinajstić information content (AvgIpc) is 3.22. The summed E-state index contributed by atoms with van der Waals surface area (Å²) in [4.78, 5) is 76.2. The van der Waals surface area contributed by atoms with Gasteiger partial charge in [0, 0.05) is 12.7 Å². The summed E-state index contributed by atoms with van der Waals surface area (Å²) in [6.07, 6.45) is -10.7. The van der Waals surface area contributed by atoms with Gasteiger partial charge in [-0.3, -0.25) is 23.9 Å². The number of primary amides is 1. The minimum atomic E-state index is -2.09. The topological polar surface area (TPSA) is 330 Å². The maximum absolute atomic E-state index is 13.6. The summed E-state index contributed by atoms with van der Waals surface area (Å²) in [6.45, 7) is -0.350. The molecule has 0 aromatic carbocycles. The van der Waals surface area contributed by atoms with Crippen molar-refractivity contribution in [3.05, 3.63) is 44.2 Å². The van der Waals surface area contributed by atoms with E-state index in [1.165, 1.54) is 13.0 Å². The summed E-state index contributed by atoms with van der Waals surface area (Å²) < 4.78 is 10.6. The number of ether oxygens (including phenoxy) is 2. The number of rotatable bonds is 11. The van der Waals surface area contributed by atoms with E-state index in [0.717, 1.165) is 11.1 Å². The number of aliphatic carboxylic acids is 1. The molecular formula is C23H32N6O14. The predicted molar refractivity (Wildman–Crippen MR) is 138 cm³/mol. The number of aromatic nitrogens is 2. The molecule has 12 N–H and O–H groups in total. The molecule has 0 radical (unpaired) electrons. The van der Waals surface area contributed by atoms with Crippen molar-refractivity contribution in [3.63, 3.8) is 0 Å². The van der Waals surface area contributed by atoms with Crippen molar-refractivity contribution in [1.82, 2.24) is 19.8 Å². The summed E-state index contributed by atoms with van der Waals surface area (Å²) in [5.74, 6) is -3.89. The average molecular weight is 617 g/mol. The van der Waals surface area contributed by atoms with Gasteiger partial charge in [-0.25, -0.2) is 14.4 Å². The molecule has 2 saturated heterocycles. The molecule has 2 fully saturated rings. The van der Waals surface area contributed by atoms with Crippen LogP contribution in [0.2, 0.25) is 0 Å². The van der Waals surface area contributed by atoms with Crippen LogP contribution in [-0.4, -0.2) is 131 Å². The summed E-state index contributed by atoms with van der Waals surface area (Å²) in [7, 11) is 0. The van der Waals surface area contributed by atoms with Gasteiger partial charge in [0.1, 0.15) is 49.2 Å². The van der Waals surface area contributed by atoms with E-state index in [1.807, 2.05) is 4.98 Å². The molecule has 20 nitrogen and oxygen atoms in total. The van der Waals surface area contributed by atoms with Crippen LogP contribution in [0.25, 0.3) is 0 Å². The summed E-state index contributed by atoms with van der Waals surface area (Å²) in [5, 5.41) is 63.0. The first-order chi connectivity index (χ1) is 20.1. The number of hydrogen-bond acceptors (Lipinski definition) is 14. The van der Waals surface area contributed by atoms with E-state index in [0.29, 0.717) is 10.1 Å². The number of nitrogens with one attached hydrogen (secondary N) is 2. The van der Waals surface area contributed by atoms with Gasteiger partial charge in [-0.05, 0) is 12.5 Å². The van der Waals surface area contributed by atoms with E-state index in [9.17, 15) is 59.4 Å². The van der Waals surface area contributed by atoms with Gasteiger partial charge >= 0.3 is 17.8 Å². The van der Waals surface area contributed by atoms with Crippen molar-refractivity contribution in [3.8, 4) is 0 Å². The maximum atomic E-state index is 13.6. The highest BCUT2D eigenvalue weighted by Gasteiger charge is 2.54. The van der Waals surface area contributed by atoms with E-state index in [1.54, 1.807) is 0 Å². The summed E-state index contributed by atoms with van der Waals surface area (Å²) in [5.41, 5.74) is 8.46. The fourth-order valence-corrected chi connectivity index (χ4v) is 4.60. The molecule has 3 amide bonds. The zero-order chi connectivity index (χ0) is 32.3. The number of aromatic amines is 1. The van der Waals surface area contributed by atoms with Crippen LogP contribution < -0.4 is 28.0 Å². The lowest BCUT2D eigenvalue weighted by Crippen LogP contribution is -2.67. The van der Waals surface area contributed by atoms with Crippen molar-refractivity contribution in [2.45, 2.75) is 68.4 Å². The molecule has 238 valence electrons. The molecule has 0 spiro atoms. The molecule has 20 heteroatoms. The van der Waals surface area contributed by atoms with Gasteiger partial charge in [-0.15, -0.1) is 0 Å². The molecule has 1 aromatic rings. The number of aliphatic hydroxyl groups excluding tert-OH is 5. The van der Waals surface area contributed by atoms with Crippen molar-refractivity contribution < 1.29 is 59.3 Å². The highest BCUT2D eigenvalue weighted by Crippen LogP contribution is 2.33. The van der Waals surface area contributed by atoms with Crippen molar-refractivity contribution in [1.29, 1.82) is 0 Å². The van der Waals surface area contributed by atoms with Crippen molar-refractivity contribution >= 4 is 23.9 Å². The smallest absolute Gasteiger partial charge is 0.404 e. The SMILES string of the molecule is C/C=C1\CN(C(=O)C(NC(=O)[C@@H](N)[C@H](O)[C@@H](O)COC(N)=O)[C@H]2O[C@@H](n3cc(CO)c(=O)[nH]c3=O)[C@H](O)[C@@H]2O)C1C(=O)O. The Hall–Kier alpha value is -4.18. The second-order valence-electron chi connectivity index (χ2n) is 9.72. The van der Waals surface area contributed by atoms with Gasteiger partial charge in [0.05, 0.1) is 12.2 Å². The molecule has 3 rings (SSSR count). The number of carboxylic acid groups (broad SMARTS) is 1. The highest BCUT2D eigenvalue weighted by atomic mass is 16.6. The maximum Gasteiger partial charge on any atom is 0.404 e. The van der Waals surface area contributed by atoms with Crippen LogP contribution in [0, 0.1) is 0 Å². The van der Waals surface area contributed by atoms with Gasteiger partial charge in [0.25, 0.3) is 5.56 Å². The van der Waals surface area contributed by atoms with Crippen LogP contribution in [0.3, 0.4) is 0 Å². The van der Waals surface area contributed by atoms with E-state index >= 15 is 0 Å². The zero-order valence-corrected chi connectivity index (χ0v) is 22.5. The molecule has 2 aliphatic rings. The normalized spacial score (nSPS) is 27.1. The molecule has 9 atom stereocenters. The lowest BCUT2D eigenvalue weighted by molar-refractivity contribution is -0.157. The largest absolute Gasteiger partial charge is 0.479 e. The lowest BCUT2D eigenvalue weighted by Gasteiger charge is -2.43. The quantitative estimate of drug-likeness (QED) is 0.103. The standard InChI is InChI=1S/C23H32N6O14/c1-2-7-3-28(12(7)21(38)39)19(37)11(26-18(36)10(24)13(32)9(31)6-42-22(25)40)16-14(33)15(34)20(43-16)29-4-8(5-30)17(35)27-23(29)41/h2,4,9-16,20,30-34H,3,5-6,24H2,1H3,(H2,25,40)(H,26,36)(H,38,39)(H,27,35,41)/b7-2+/t9-,10-,11?,12?,13+,14-,15+,16+,20+/m0/s1. The van der Waals surface area contributed by atoms with Gasteiger partial charge in [0.15, 0.2) is 12.3 Å². The molecule has 0 saturated carbocycles. The first-order valence-corrected chi connectivity index (χ1v) is 12.6. The Kier molecular flexibility index (Phi) is 10.4. The van der Waals surface area contributed by atoms with E-state index in [4.69, 9.17) is 16.2 Å². The van der Waals surface area contributed by atoms with Gasteiger partial charge in [0.2, 0.25) is 11.8 Å². The molecule has 3 heterocycles. The van der Waals surface area contributed by atoms with E-state index < -0.39 is 103 Å². The summed E-state index contributed by atoms with van der Waals surface area (Å²) in [6, 6.07) is -5.47. The van der Waals surface area contributed by atoms with Crippen LogP contribution >= 0.6 is 0 Å². The first-order valence-electron chi connectivity index (χ1n) is 12.6. The molecular weight excluding hydrogens is 584 g/mol. The Bertz CT molecular complexity index is 1390. The van der Waals surface area contributed by atoms with E-state index in [2.05, 4.69) is 10.1 Å². The minimum Gasteiger partial charge on any atom is -0.479 e. The molecule has 2 unspecified atom stereocenters.